The van der Waals surface area contributed by atoms with Crippen LogP contribution in [0.15, 0.2) is 30.6 Å². The van der Waals surface area contributed by atoms with Crippen LogP contribution < -0.4 is 5.32 Å². The van der Waals surface area contributed by atoms with Gasteiger partial charge in [0.15, 0.2) is 0 Å². The van der Waals surface area contributed by atoms with Crippen molar-refractivity contribution in [1.29, 1.82) is 0 Å². The largest absolute Gasteiger partial charge is 0.355 e. The maximum atomic E-state index is 12.6. The van der Waals surface area contributed by atoms with Gasteiger partial charge in [-0.1, -0.05) is 30.7 Å². The fraction of sp³-hybridized carbons (Fsp3) is 0.556. The Morgan fingerprint density at radius 3 is 2.88 bits per heavy atom. The van der Waals surface area contributed by atoms with Crippen LogP contribution in [0.2, 0.25) is 5.02 Å². The van der Waals surface area contributed by atoms with Crippen molar-refractivity contribution in [2.75, 3.05) is 19.6 Å². The molecule has 0 spiro atoms. The van der Waals surface area contributed by atoms with Gasteiger partial charge in [0.2, 0.25) is 5.91 Å². The number of nitrogens with one attached hydrogen (secondary N) is 1. The molecule has 1 N–H and O–H groups in total. The molecule has 0 saturated carbocycles. The summed E-state index contributed by atoms with van der Waals surface area (Å²) in [4.78, 5) is 15.0. The number of carbonyl (C=O) groups is 1. The highest BCUT2D eigenvalue weighted by Crippen LogP contribution is 2.23. The third-order valence-corrected chi connectivity index (χ3v) is 5.26. The first-order valence-corrected chi connectivity index (χ1v) is 9.50. The number of hydrogen-bond acceptors (Lipinski definition) is 5. The Hall–Kier alpha value is -1.99. The second-order valence-electron chi connectivity index (χ2n) is 6.71. The molecule has 26 heavy (non-hydrogen) atoms. The molecule has 1 aliphatic heterocycles. The van der Waals surface area contributed by atoms with Crippen molar-refractivity contribution in [3.63, 3.8) is 0 Å². The first-order chi connectivity index (χ1) is 12.7. The standard InChI is InChI=1S/C18H25ClN6O/c1-2-24-9-3-4-17(24)11-20-18(26)10-15(12-25-13-21-22-23-25)14-5-7-16(19)8-6-14/h5-8,13,15,17H,2-4,9-12H2,1H3,(H,20,26). The molecule has 7 nitrogen and oxygen atoms in total. The van der Waals surface area contributed by atoms with Crippen LogP contribution in [0.1, 0.15) is 37.7 Å². The van der Waals surface area contributed by atoms with E-state index in [1.165, 1.54) is 6.42 Å². The van der Waals surface area contributed by atoms with Crippen LogP contribution in [0.5, 0.6) is 0 Å². The van der Waals surface area contributed by atoms with Gasteiger partial charge < -0.3 is 5.32 Å². The van der Waals surface area contributed by atoms with E-state index in [1.807, 2.05) is 24.3 Å². The Balaban J connectivity index is 1.61. The highest BCUT2D eigenvalue weighted by Gasteiger charge is 2.24. The normalized spacial score (nSPS) is 18.8. The smallest absolute Gasteiger partial charge is 0.220 e. The fourth-order valence-corrected chi connectivity index (χ4v) is 3.71. The van der Waals surface area contributed by atoms with Gasteiger partial charge >= 0.3 is 0 Å². The molecule has 8 heteroatoms. The second kappa shape index (κ2) is 9.09. The molecule has 1 fully saturated rings. The lowest BCUT2D eigenvalue weighted by atomic mass is 9.95. The van der Waals surface area contributed by atoms with Gasteiger partial charge in [-0.15, -0.1) is 5.10 Å². The second-order valence-corrected chi connectivity index (χ2v) is 7.15. The SMILES string of the molecule is CCN1CCCC1CNC(=O)CC(Cn1cnnn1)c1ccc(Cl)cc1. The minimum Gasteiger partial charge on any atom is -0.355 e. The predicted molar refractivity (Wildman–Crippen MR) is 99.9 cm³/mol. The van der Waals surface area contributed by atoms with Gasteiger partial charge in [0.05, 0.1) is 6.54 Å². The summed E-state index contributed by atoms with van der Waals surface area (Å²) in [6.45, 7) is 5.59. The number of halogens is 1. The number of nitrogens with zero attached hydrogens (tertiary/aromatic N) is 5. The Bertz CT molecular complexity index is 690. The first kappa shape index (κ1) is 18.8. The van der Waals surface area contributed by atoms with Crippen LogP contribution in [0, 0.1) is 0 Å². The lowest BCUT2D eigenvalue weighted by molar-refractivity contribution is -0.121. The van der Waals surface area contributed by atoms with Gasteiger partial charge in [-0.2, -0.15) is 0 Å². The number of carbonyl (C=O) groups excluding carboxylic acids is 1. The van der Waals surface area contributed by atoms with Crippen molar-refractivity contribution in [3.8, 4) is 0 Å². The number of hydrogen-bond donors (Lipinski definition) is 1. The summed E-state index contributed by atoms with van der Waals surface area (Å²) in [6.07, 6.45) is 4.32. The van der Waals surface area contributed by atoms with Crippen LogP contribution in [-0.4, -0.2) is 56.7 Å². The maximum absolute atomic E-state index is 12.6. The molecule has 2 unspecified atom stereocenters. The lowest BCUT2D eigenvalue weighted by Gasteiger charge is -2.23. The molecule has 140 valence electrons. The van der Waals surface area contributed by atoms with Gasteiger partial charge in [0.1, 0.15) is 6.33 Å². The molecule has 1 saturated heterocycles. The molecule has 3 rings (SSSR count). The molecule has 1 aliphatic rings. The van der Waals surface area contributed by atoms with E-state index in [2.05, 4.69) is 32.7 Å². The molecular weight excluding hydrogens is 352 g/mol. The summed E-state index contributed by atoms with van der Waals surface area (Å²) >= 11 is 5.99. The summed E-state index contributed by atoms with van der Waals surface area (Å²) in [5, 5.41) is 15.1. The molecule has 2 aromatic rings. The number of likely N-dealkylation sites (N-methyl/N-ethyl adjacent to an activating group) is 1. The molecule has 2 atom stereocenters. The van der Waals surface area contributed by atoms with Crippen LogP contribution in [0.25, 0.3) is 0 Å². The summed E-state index contributed by atoms with van der Waals surface area (Å²) < 4.78 is 1.66. The monoisotopic (exact) mass is 376 g/mol. The molecule has 0 aliphatic carbocycles. The average Bonchev–Trinajstić information content (AvgIpc) is 3.31. The van der Waals surface area contributed by atoms with E-state index < -0.39 is 0 Å². The third-order valence-electron chi connectivity index (χ3n) is 5.01. The minimum atomic E-state index is -0.0124. The molecule has 1 amide bonds. The van der Waals surface area contributed by atoms with Crippen LogP contribution in [0.4, 0.5) is 0 Å². The lowest BCUT2D eigenvalue weighted by Crippen LogP contribution is -2.40. The molecule has 0 bridgehead atoms. The van der Waals surface area contributed by atoms with E-state index in [0.717, 1.165) is 25.1 Å². The van der Waals surface area contributed by atoms with Crippen molar-refractivity contribution in [3.05, 3.63) is 41.2 Å². The quantitative estimate of drug-likeness (QED) is 0.763. The number of benzene rings is 1. The van der Waals surface area contributed by atoms with Gasteiger partial charge in [0.25, 0.3) is 0 Å². The number of tetrazole rings is 1. The van der Waals surface area contributed by atoms with Crippen molar-refractivity contribution >= 4 is 17.5 Å². The minimum absolute atomic E-state index is 0.0124. The average molecular weight is 377 g/mol. The van der Waals surface area contributed by atoms with Crippen molar-refractivity contribution in [2.45, 2.75) is 44.7 Å². The Morgan fingerprint density at radius 1 is 1.38 bits per heavy atom. The summed E-state index contributed by atoms with van der Waals surface area (Å²) in [5.41, 5.74) is 1.05. The first-order valence-electron chi connectivity index (χ1n) is 9.12. The van der Waals surface area contributed by atoms with E-state index in [9.17, 15) is 4.79 Å². The predicted octanol–water partition coefficient (Wildman–Crippen LogP) is 2.10. The van der Waals surface area contributed by atoms with E-state index in [-0.39, 0.29) is 11.8 Å². The number of rotatable bonds is 8. The number of aromatic nitrogens is 4. The molecule has 1 aromatic heterocycles. The zero-order valence-corrected chi connectivity index (χ0v) is 15.8. The van der Waals surface area contributed by atoms with E-state index in [0.29, 0.717) is 30.6 Å². The maximum Gasteiger partial charge on any atom is 0.220 e. The highest BCUT2D eigenvalue weighted by molar-refractivity contribution is 6.30. The number of likely N-dealkylation sites (tertiary alicyclic amines) is 1. The topological polar surface area (TPSA) is 75.9 Å². The molecule has 1 aromatic carbocycles. The molecule has 2 heterocycles. The van der Waals surface area contributed by atoms with Crippen molar-refractivity contribution in [1.82, 2.24) is 30.4 Å². The number of amides is 1. The summed E-state index contributed by atoms with van der Waals surface area (Å²) in [7, 11) is 0. The zero-order valence-electron chi connectivity index (χ0n) is 15.0. The zero-order chi connectivity index (χ0) is 18.4. The third kappa shape index (κ3) is 5.02. The van der Waals surface area contributed by atoms with Gasteiger partial charge in [-0.3, -0.25) is 9.69 Å². The van der Waals surface area contributed by atoms with Gasteiger partial charge in [-0.05, 0) is 54.1 Å². The van der Waals surface area contributed by atoms with E-state index in [1.54, 1.807) is 11.0 Å². The van der Waals surface area contributed by atoms with Gasteiger partial charge in [-0.25, -0.2) is 4.68 Å². The molecular formula is C18H25ClN6O. The van der Waals surface area contributed by atoms with Crippen molar-refractivity contribution in [2.24, 2.45) is 0 Å². The fourth-order valence-electron chi connectivity index (χ4n) is 3.58. The molecule has 0 radical (unpaired) electrons. The Labute approximate surface area is 158 Å². The van der Waals surface area contributed by atoms with Gasteiger partial charge in [0, 0.05) is 29.9 Å². The van der Waals surface area contributed by atoms with Crippen LogP contribution in [-0.2, 0) is 11.3 Å². The Morgan fingerprint density at radius 2 is 2.19 bits per heavy atom. The van der Waals surface area contributed by atoms with E-state index in [4.69, 9.17) is 11.6 Å². The summed E-state index contributed by atoms with van der Waals surface area (Å²) in [5.74, 6) is 0.0441. The Kier molecular flexibility index (Phi) is 6.57. The van der Waals surface area contributed by atoms with Crippen molar-refractivity contribution < 1.29 is 4.79 Å². The van der Waals surface area contributed by atoms with Crippen LogP contribution >= 0.6 is 11.6 Å². The van der Waals surface area contributed by atoms with E-state index >= 15 is 0 Å². The van der Waals surface area contributed by atoms with Crippen LogP contribution in [0.3, 0.4) is 0 Å². The summed E-state index contributed by atoms with van der Waals surface area (Å²) in [6, 6.07) is 8.07. The highest BCUT2D eigenvalue weighted by atomic mass is 35.5.